The van der Waals surface area contributed by atoms with Gasteiger partial charge in [0.1, 0.15) is 13.2 Å². The average Bonchev–Trinajstić information content (AvgIpc) is 3.03. The lowest BCUT2D eigenvalue weighted by Crippen LogP contribution is -2.45. The minimum atomic E-state index is -1.15. The molecular formula is C32H35IN4O8. The van der Waals surface area contributed by atoms with Crippen molar-refractivity contribution >= 4 is 40.8 Å². The number of ether oxygens (including phenoxy) is 5. The molecule has 0 spiro atoms. The van der Waals surface area contributed by atoms with Gasteiger partial charge in [0.05, 0.1) is 42.2 Å². The number of aliphatic hydroxyl groups is 1. The Kier molecular flexibility index (Phi) is 11.9. The lowest BCUT2D eigenvalue weighted by molar-refractivity contribution is -0.136. The van der Waals surface area contributed by atoms with E-state index in [0.717, 1.165) is 14.7 Å². The van der Waals surface area contributed by atoms with Crippen molar-refractivity contribution in [3.05, 3.63) is 92.2 Å². The van der Waals surface area contributed by atoms with Gasteiger partial charge in [0.15, 0.2) is 29.2 Å². The molecule has 0 unspecified atom stereocenters. The van der Waals surface area contributed by atoms with Crippen LogP contribution < -0.4 is 35.0 Å². The summed E-state index contributed by atoms with van der Waals surface area (Å²) >= 11 is 2.18. The van der Waals surface area contributed by atoms with Gasteiger partial charge in [0, 0.05) is 5.70 Å². The van der Waals surface area contributed by atoms with Crippen LogP contribution in [0.1, 0.15) is 36.6 Å². The van der Waals surface area contributed by atoms with E-state index in [1.54, 1.807) is 44.5 Å². The number of benzene rings is 3. The van der Waals surface area contributed by atoms with Gasteiger partial charge in [-0.3, -0.25) is 5.43 Å². The first-order valence-corrected chi connectivity index (χ1v) is 15.1. The van der Waals surface area contributed by atoms with Crippen LogP contribution in [0.2, 0.25) is 0 Å². The zero-order chi connectivity index (χ0) is 32.3. The zero-order valence-electron chi connectivity index (χ0n) is 25.3. The maximum Gasteiger partial charge on any atom is 0.337 e. The summed E-state index contributed by atoms with van der Waals surface area (Å²) in [5.74, 6) is 1.35. The van der Waals surface area contributed by atoms with E-state index in [-0.39, 0.29) is 12.2 Å². The Hall–Kier alpha value is -4.50. The van der Waals surface area contributed by atoms with Crippen LogP contribution in [0.25, 0.3) is 0 Å². The Bertz CT molecular complexity index is 1560. The van der Waals surface area contributed by atoms with Gasteiger partial charge in [-0.15, -0.1) is 0 Å². The quantitative estimate of drug-likeness (QED) is 0.0623. The van der Waals surface area contributed by atoms with E-state index in [9.17, 15) is 14.7 Å². The third kappa shape index (κ3) is 8.79. The summed E-state index contributed by atoms with van der Waals surface area (Å²) in [6, 6.07) is 17.3. The van der Waals surface area contributed by atoms with Crippen LogP contribution in [0.3, 0.4) is 0 Å². The molecule has 12 nitrogen and oxygen atoms in total. The predicted octanol–water partition coefficient (Wildman–Crippen LogP) is 4.40. The SMILES string of the molecule is CCOc1cc([C@@H]2NC(=O)NC(C)=C2C(=O)OC)ccc1OC[C@@H](O)N/N=C\c1cc(I)c(OCc2ccccc2)c(OC)c1. The van der Waals surface area contributed by atoms with E-state index in [4.69, 9.17) is 23.7 Å². The number of urea groups is 1. The first-order chi connectivity index (χ1) is 21.7. The lowest BCUT2D eigenvalue weighted by Gasteiger charge is -2.28. The molecule has 238 valence electrons. The highest BCUT2D eigenvalue weighted by atomic mass is 127. The summed E-state index contributed by atoms with van der Waals surface area (Å²) in [6.45, 7) is 4.03. The molecule has 1 aliphatic rings. The summed E-state index contributed by atoms with van der Waals surface area (Å²) in [5.41, 5.74) is 5.67. The average molecular weight is 731 g/mol. The van der Waals surface area contributed by atoms with Crippen molar-refractivity contribution in [2.24, 2.45) is 5.10 Å². The molecule has 3 aromatic rings. The molecule has 0 radical (unpaired) electrons. The van der Waals surface area contributed by atoms with E-state index < -0.39 is 24.3 Å². The summed E-state index contributed by atoms with van der Waals surface area (Å²) < 4.78 is 28.9. The van der Waals surface area contributed by atoms with Crippen LogP contribution in [0.15, 0.2) is 77.0 Å². The van der Waals surface area contributed by atoms with Gasteiger partial charge in [-0.05, 0) is 77.4 Å². The number of carbonyl (C=O) groups excluding carboxylic acids is 2. The minimum Gasteiger partial charge on any atom is -0.493 e. The molecule has 1 heterocycles. The van der Waals surface area contributed by atoms with E-state index in [1.165, 1.54) is 7.11 Å². The number of rotatable bonds is 14. The molecular weight excluding hydrogens is 695 g/mol. The minimum absolute atomic E-state index is 0.152. The van der Waals surface area contributed by atoms with Crippen molar-refractivity contribution in [1.29, 1.82) is 0 Å². The van der Waals surface area contributed by atoms with Crippen LogP contribution in [0, 0.1) is 3.57 Å². The Balaban J connectivity index is 1.39. The van der Waals surface area contributed by atoms with E-state index in [1.807, 2.05) is 43.3 Å². The third-order valence-corrected chi connectivity index (χ3v) is 7.39. The maximum absolute atomic E-state index is 12.5. The van der Waals surface area contributed by atoms with Gasteiger partial charge >= 0.3 is 12.0 Å². The van der Waals surface area contributed by atoms with Crippen LogP contribution in [-0.2, 0) is 16.1 Å². The normalized spacial score (nSPS) is 15.2. The van der Waals surface area contributed by atoms with Crippen LogP contribution in [0.4, 0.5) is 4.79 Å². The van der Waals surface area contributed by atoms with Crippen LogP contribution in [-0.4, -0.2) is 57.0 Å². The number of methoxy groups -OCH3 is 2. The summed E-state index contributed by atoms with van der Waals surface area (Å²) in [7, 11) is 2.85. The second-order valence-corrected chi connectivity index (χ2v) is 10.9. The fraction of sp³-hybridized carbons (Fsp3) is 0.281. The van der Waals surface area contributed by atoms with Crippen LogP contribution >= 0.6 is 22.6 Å². The lowest BCUT2D eigenvalue weighted by atomic mass is 9.95. The number of allylic oxidation sites excluding steroid dienone is 1. The molecule has 45 heavy (non-hydrogen) atoms. The van der Waals surface area contributed by atoms with Gasteiger partial charge in [0.2, 0.25) is 0 Å². The number of esters is 1. The molecule has 0 bridgehead atoms. The number of nitrogens with one attached hydrogen (secondary N) is 3. The number of aliphatic hydroxyl groups excluding tert-OH is 1. The van der Waals surface area contributed by atoms with E-state index in [0.29, 0.717) is 47.5 Å². The molecule has 2 amide bonds. The second kappa shape index (κ2) is 16.0. The Labute approximate surface area is 274 Å². The highest BCUT2D eigenvalue weighted by Crippen LogP contribution is 2.36. The highest BCUT2D eigenvalue weighted by molar-refractivity contribution is 14.1. The summed E-state index contributed by atoms with van der Waals surface area (Å²) in [5, 5.41) is 20.0. The Morgan fingerprint density at radius 3 is 2.56 bits per heavy atom. The highest BCUT2D eigenvalue weighted by Gasteiger charge is 2.32. The molecule has 0 saturated carbocycles. The van der Waals surface area contributed by atoms with Gasteiger partial charge < -0.3 is 39.4 Å². The Morgan fingerprint density at radius 1 is 1.07 bits per heavy atom. The number of hydrogen-bond donors (Lipinski definition) is 4. The monoisotopic (exact) mass is 730 g/mol. The molecule has 13 heteroatoms. The third-order valence-electron chi connectivity index (χ3n) is 6.59. The smallest absolute Gasteiger partial charge is 0.337 e. The molecule has 0 aromatic heterocycles. The molecule has 4 N–H and O–H groups in total. The fourth-order valence-electron chi connectivity index (χ4n) is 4.50. The number of carbonyl (C=O) groups is 2. The van der Waals surface area contributed by atoms with Crippen LogP contribution in [0.5, 0.6) is 23.0 Å². The molecule has 3 aromatic carbocycles. The van der Waals surface area contributed by atoms with E-state index in [2.05, 4.69) is 43.8 Å². The predicted molar refractivity (Wildman–Crippen MR) is 175 cm³/mol. The maximum atomic E-state index is 12.5. The molecule has 4 rings (SSSR count). The van der Waals surface area contributed by atoms with Gasteiger partial charge in [-0.1, -0.05) is 36.4 Å². The molecule has 0 fully saturated rings. The van der Waals surface area contributed by atoms with Gasteiger partial charge in [0.25, 0.3) is 0 Å². The molecule has 1 aliphatic heterocycles. The molecule has 0 aliphatic carbocycles. The van der Waals surface area contributed by atoms with Crippen molar-refractivity contribution < 1.29 is 38.4 Å². The van der Waals surface area contributed by atoms with Crippen molar-refractivity contribution in [3.8, 4) is 23.0 Å². The summed E-state index contributed by atoms with van der Waals surface area (Å²) in [6.07, 6.45) is 0.405. The van der Waals surface area contributed by atoms with Crippen molar-refractivity contribution in [3.63, 3.8) is 0 Å². The molecule has 2 atom stereocenters. The fourth-order valence-corrected chi connectivity index (χ4v) is 5.29. The first-order valence-electron chi connectivity index (χ1n) is 14.0. The van der Waals surface area contributed by atoms with Crippen molar-refractivity contribution in [2.45, 2.75) is 32.7 Å². The topological polar surface area (TPSA) is 149 Å². The second-order valence-electron chi connectivity index (χ2n) is 9.72. The number of amides is 2. The zero-order valence-corrected chi connectivity index (χ0v) is 27.4. The van der Waals surface area contributed by atoms with Crippen molar-refractivity contribution in [1.82, 2.24) is 16.1 Å². The molecule has 0 saturated heterocycles. The standard InChI is InChI=1S/C32H35IN4O8/c1-5-43-25-15-22(29-28(31(39)42-4)19(2)35-32(40)36-29)11-12-24(25)44-18-27(38)37-34-16-21-13-23(33)30(26(14-21)41-3)45-17-20-9-7-6-8-10-20/h6-16,27,29,37-38H,5,17-18H2,1-4H3,(H2,35,36,40)/b34-16-/t27-,29+/m1/s1. The summed E-state index contributed by atoms with van der Waals surface area (Å²) in [4.78, 5) is 24.6. The largest absolute Gasteiger partial charge is 0.493 e. The van der Waals surface area contributed by atoms with E-state index >= 15 is 0 Å². The Morgan fingerprint density at radius 2 is 1.84 bits per heavy atom. The number of halogens is 1. The number of hydrogen-bond acceptors (Lipinski definition) is 10. The van der Waals surface area contributed by atoms with Gasteiger partial charge in [-0.25, -0.2) is 9.59 Å². The first kappa shape index (κ1) is 33.4. The van der Waals surface area contributed by atoms with Gasteiger partial charge in [-0.2, -0.15) is 5.10 Å². The number of nitrogens with zero attached hydrogens (tertiary/aromatic N) is 1. The number of hydrazone groups is 1. The van der Waals surface area contributed by atoms with Crippen molar-refractivity contribution in [2.75, 3.05) is 27.4 Å².